The molecule has 0 spiro atoms. The third kappa shape index (κ3) is 5.20. The average molecular weight is 417 g/mol. The topological polar surface area (TPSA) is 79.7 Å². The predicted molar refractivity (Wildman–Crippen MR) is 106 cm³/mol. The van der Waals surface area contributed by atoms with Crippen molar-refractivity contribution in [2.45, 2.75) is 42.0 Å². The Morgan fingerprint density at radius 1 is 1.35 bits per heavy atom. The molecular formula is C17H24N2O4S3. The lowest BCUT2D eigenvalue weighted by Crippen LogP contribution is -2.43. The minimum Gasteiger partial charge on any atom is -0.490 e. The molecule has 0 aliphatic heterocycles. The van der Waals surface area contributed by atoms with E-state index in [2.05, 4.69) is 4.37 Å². The Morgan fingerprint density at radius 3 is 2.62 bits per heavy atom. The van der Waals surface area contributed by atoms with E-state index in [1.807, 2.05) is 30.5 Å². The molecular weight excluding hydrogens is 392 g/mol. The van der Waals surface area contributed by atoms with Crippen molar-refractivity contribution in [3.8, 4) is 5.75 Å². The molecule has 0 aliphatic carbocycles. The van der Waals surface area contributed by atoms with Crippen molar-refractivity contribution in [3.05, 3.63) is 36.0 Å². The number of nitrogens with zero attached hydrogens (tertiary/aromatic N) is 2. The molecule has 144 valence electrons. The monoisotopic (exact) mass is 416 g/mol. The van der Waals surface area contributed by atoms with Crippen molar-refractivity contribution in [2.24, 2.45) is 0 Å². The molecule has 0 saturated carbocycles. The van der Waals surface area contributed by atoms with Crippen LogP contribution in [0.15, 0.2) is 39.4 Å². The summed E-state index contributed by atoms with van der Waals surface area (Å²) in [6.07, 6.45) is 0.999. The van der Waals surface area contributed by atoms with E-state index in [0.29, 0.717) is 11.4 Å². The van der Waals surface area contributed by atoms with Gasteiger partial charge in [0.2, 0.25) is 0 Å². The lowest BCUT2D eigenvalue weighted by Gasteiger charge is -2.27. The third-order valence-electron chi connectivity index (χ3n) is 3.64. The number of rotatable bonds is 9. The molecule has 0 amide bonds. The molecule has 0 saturated heterocycles. The number of hydrogen-bond donors (Lipinski definition) is 1. The van der Waals surface area contributed by atoms with Gasteiger partial charge in [0.05, 0.1) is 5.69 Å². The van der Waals surface area contributed by atoms with Crippen molar-refractivity contribution in [1.82, 2.24) is 8.68 Å². The van der Waals surface area contributed by atoms with Crippen molar-refractivity contribution >= 4 is 33.3 Å². The number of sulfonamides is 1. The minimum atomic E-state index is -3.70. The molecule has 2 aromatic rings. The van der Waals surface area contributed by atoms with Gasteiger partial charge in [-0.2, -0.15) is 8.68 Å². The number of thioether (sulfide) groups is 1. The van der Waals surface area contributed by atoms with Gasteiger partial charge in [-0.1, -0.05) is 12.1 Å². The van der Waals surface area contributed by atoms with Crippen LogP contribution in [0.3, 0.4) is 0 Å². The fraction of sp³-hybridized carbons (Fsp3) is 0.471. The summed E-state index contributed by atoms with van der Waals surface area (Å²) in [6, 6.07) is 8.79. The first kappa shape index (κ1) is 21.2. The van der Waals surface area contributed by atoms with Gasteiger partial charge in [0.15, 0.2) is 4.21 Å². The van der Waals surface area contributed by atoms with E-state index in [0.717, 1.165) is 16.4 Å². The molecule has 1 atom stereocenters. The largest absolute Gasteiger partial charge is 0.490 e. The summed E-state index contributed by atoms with van der Waals surface area (Å²) in [7, 11) is -3.70. The number of para-hydroxylation sites is 1. The number of aromatic nitrogens is 1. The molecule has 0 aliphatic rings. The highest BCUT2D eigenvalue weighted by molar-refractivity contribution is 7.98. The van der Waals surface area contributed by atoms with Gasteiger partial charge >= 0.3 is 0 Å². The van der Waals surface area contributed by atoms with Crippen LogP contribution in [0.4, 0.5) is 0 Å². The number of hydrogen-bond acceptors (Lipinski definition) is 7. The summed E-state index contributed by atoms with van der Waals surface area (Å²) >= 11 is 2.50. The second-order valence-electron chi connectivity index (χ2n) is 6.07. The van der Waals surface area contributed by atoms with E-state index >= 15 is 0 Å². The SMILES string of the molecule is CSc1ccccc1OCC(O)CN(C(C)C)S(=O)(=O)c1cc(C)ns1. The normalized spacial score (nSPS) is 13.3. The molecule has 9 heteroatoms. The lowest BCUT2D eigenvalue weighted by molar-refractivity contribution is 0.0829. The average Bonchev–Trinajstić information content (AvgIpc) is 3.05. The van der Waals surface area contributed by atoms with Crippen molar-refractivity contribution in [2.75, 3.05) is 19.4 Å². The van der Waals surface area contributed by atoms with Crippen molar-refractivity contribution in [3.63, 3.8) is 0 Å². The molecule has 1 aromatic heterocycles. The third-order valence-corrected chi connectivity index (χ3v) is 7.76. The highest BCUT2D eigenvalue weighted by Gasteiger charge is 2.30. The van der Waals surface area contributed by atoms with Crippen LogP contribution in [0.2, 0.25) is 0 Å². The molecule has 1 unspecified atom stereocenters. The summed E-state index contributed by atoms with van der Waals surface area (Å²) in [5, 5.41) is 10.4. The Kier molecular flexibility index (Phi) is 7.48. The Morgan fingerprint density at radius 2 is 2.04 bits per heavy atom. The van der Waals surface area contributed by atoms with Gasteiger partial charge < -0.3 is 9.84 Å². The van der Waals surface area contributed by atoms with Gasteiger partial charge in [-0.3, -0.25) is 0 Å². The number of benzene rings is 1. The second kappa shape index (κ2) is 9.18. The first-order valence-electron chi connectivity index (χ1n) is 8.14. The first-order chi connectivity index (χ1) is 12.3. The Labute approximate surface area is 163 Å². The fourth-order valence-corrected chi connectivity index (χ4v) is 5.65. The molecule has 26 heavy (non-hydrogen) atoms. The van der Waals surface area contributed by atoms with Crippen LogP contribution in [-0.4, -0.2) is 53.8 Å². The van der Waals surface area contributed by atoms with Gasteiger partial charge in [0, 0.05) is 17.5 Å². The standard InChI is InChI=1S/C17H24N2O4S3/c1-12(2)19(26(21,22)17-9-13(3)18-25-17)10-14(20)11-23-15-7-5-6-8-16(15)24-4/h5-9,12,14,20H,10-11H2,1-4H3. The Balaban J connectivity index is 2.07. The van der Waals surface area contributed by atoms with E-state index in [1.165, 1.54) is 4.31 Å². The van der Waals surface area contributed by atoms with Crippen LogP contribution in [0.1, 0.15) is 19.5 Å². The van der Waals surface area contributed by atoms with Crippen molar-refractivity contribution < 1.29 is 18.3 Å². The number of aliphatic hydroxyl groups is 1. The van der Waals surface area contributed by atoms with Crippen LogP contribution < -0.4 is 4.74 Å². The molecule has 1 N–H and O–H groups in total. The molecule has 2 rings (SSSR count). The quantitative estimate of drug-likeness (QED) is 0.633. The number of aliphatic hydroxyl groups excluding tert-OH is 1. The zero-order valence-corrected chi connectivity index (χ0v) is 17.7. The first-order valence-corrected chi connectivity index (χ1v) is 11.6. The highest BCUT2D eigenvalue weighted by atomic mass is 32.2. The zero-order chi connectivity index (χ0) is 19.3. The van der Waals surface area contributed by atoms with E-state index < -0.39 is 16.1 Å². The van der Waals surface area contributed by atoms with Gasteiger partial charge in [-0.05, 0) is 56.8 Å². The molecule has 1 aromatic carbocycles. The summed E-state index contributed by atoms with van der Waals surface area (Å²) in [5.41, 5.74) is 0.662. The van der Waals surface area contributed by atoms with Crippen LogP contribution in [0.25, 0.3) is 0 Å². The molecule has 6 nitrogen and oxygen atoms in total. The summed E-state index contributed by atoms with van der Waals surface area (Å²) in [5.74, 6) is 0.677. The predicted octanol–water partition coefficient (Wildman–Crippen LogP) is 3.01. The lowest BCUT2D eigenvalue weighted by atomic mass is 10.3. The summed E-state index contributed by atoms with van der Waals surface area (Å²) < 4.78 is 36.9. The van der Waals surface area contributed by atoms with E-state index in [1.54, 1.807) is 38.6 Å². The van der Waals surface area contributed by atoms with Crippen LogP contribution in [0, 0.1) is 6.92 Å². The minimum absolute atomic E-state index is 0.0119. The zero-order valence-electron chi connectivity index (χ0n) is 15.2. The Bertz CT molecular complexity index is 821. The van der Waals surface area contributed by atoms with Gasteiger partial charge in [0.25, 0.3) is 10.0 Å². The number of aryl methyl sites for hydroxylation is 1. The smallest absolute Gasteiger partial charge is 0.254 e. The van der Waals surface area contributed by atoms with Crippen LogP contribution in [0.5, 0.6) is 5.75 Å². The molecule has 0 fully saturated rings. The van der Waals surface area contributed by atoms with Crippen LogP contribution in [-0.2, 0) is 10.0 Å². The maximum absolute atomic E-state index is 12.8. The number of ether oxygens (including phenoxy) is 1. The fourth-order valence-electron chi connectivity index (χ4n) is 2.35. The Hall–Kier alpha value is -1.13. The molecule has 1 heterocycles. The maximum atomic E-state index is 12.8. The highest BCUT2D eigenvalue weighted by Crippen LogP contribution is 2.27. The second-order valence-corrected chi connectivity index (χ2v) is 9.84. The van der Waals surface area contributed by atoms with Crippen molar-refractivity contribution in [1.29, 1.82) is 0 Å². The van der Waals surface area contributed by atoms with Gasteiger partial charge in [-0.25, -0.2) is 8.42 Å². The van der Waals surface area contributed by atoms with Gasteiger partial charge in [-0.15, -0.1) is 11.8 Å². The maximum Gasteiger partial charge on any atom is 0.254 e. The molecule has 0 radical (unpaired) electrons. The summed E-state index contributed by atoms with van der Waals surface area (Å²) in [4.78, 5) is 0.966. The van der Waals surface area contributed by atoms with E-state index in [9.17, 15) is 13.5 Å². The van der Waals surface area contributed by atoms with Crippen LogP contribution >= 0.6 is 23.3 Å². The summed E-state index contributed by atoms with van der Waals surface area (Å²) in [6.45, 7) is 5.28. The van der Waals surface area contributed by atoms with E-state index in [-0.39, 0.29) is 23.4 Å². The van der Waals surface area contributed by atoms with E-state index in [4.69, 9.17) is 4.74 Å². The van der Waals surface area contributed by atoms with Gasteiger partial charge in [0.1, 0.15) is 18.5 Å². The molecule has 0 bridgehead atoms.